The molecule has 1 N–H and O–H groups in total. The van der Waals surface area contributed by atoms with Crippen molar-refractivity contribution in [1.82, 2.24) is 14.8 Å². The maximum Gasteiger partial charge on any atom is 0.243 e. The van der Waals surface area contributed by atoms with Gasteiger partial charge in [0.05, 0.1) is 22.9 Å². The lowest BCUT2D eigenvalue weighted by Gasteiger charge is -2.14. The maximum atomic E-state index is 13.2. The summed E-state index contributed by atoms with van der Waals surface area (Å²) in [6, 6.07) is 18.5. The number of methoxy groups -OCH3 is 1. The molecular formula is C22H19ClN4O3S2. The summed E-state index contributed by atoms with van der Waals surface area (Å²) in [6.45, 7) is 0. The molecule has 1 saturated carbocycles. The van der Waals surface area contributed by atoms with E-state index in [4.69, 9.17) is 16.3 Å². The van der Waals surface area contributed by atoms with Gasteiger partial charge in [-0.25, -0.2) is 8.42 Å². The van der Waals surface area contributed by atoms with Gasteiger partial charge in [0, 0.05) is 10.9 Å². The summed E-state index contributed by atoms with van der Waals surface area (Å²) in [4.78, 5) is 0.860. The number of sulfonamides is 1. The molecule has 2 aromatic heterocycles. The second-order valence-corrected chi connectivity index (χ2v) is 10.7. The van der Waals surface area contributed by atoms with Crippen LogP contribution in [0, 0.1) is 0 Å². The van der Waals surface area contributed by atoms with Gasteiger partial charge in [-0.3, -0.25) is 9.29 Å². The van der Waals surface area contributed by atoms with Crippen LogP contribution >= 0.6 is 22.9 Å². The minimum atomic E-state index is -3.70. The van der Waals surface area contributed by atoms with Gasteiger partial charge in [-0.2, -0.15) is 0 Å². The zero-order valence-electron chi connectivity index (χ0n) is 17.0. The standard InChI is InChI=1S/C22H19ClN4O3S2/c1-30-18-6-3-2-5-17(18)27-21(19-7-4-12-31-19)24-25-22(27)26-32(28,29)20-13-16(20)14-8-10-15(23)11-9-14/h2-12,16,20H,13H2,1H3,(H,25,26)/t16-,20+/m1/s1. The molecule has 2 atom stereocenters. The van der Waals surface area contributed by atoms with E-state index < -0.39 is 15.3 Å². The number of hydrogen-bond acceptors (Lipinski definition) is 6. The van der Waals surface area contributed by atoms with Crippen LogP contribution in [0.4, 0.5) is 5.95 Å². The number of ether oxygens (including phenoxy) is 1. The first-order valence-corrected chi connectivity index (χ1v) is 12.7. The quantitative estimate of drug-likeness (QED) is 0.399. The van der Waals surface area contributed by atoms with Crippen molar-refractivity contribution in [3.63, 3.8) is 0 Å². The second-order valence-electron chi connectivity index (χ2n) is 7.41. The van der Waals surface area contributed by atoms with Crippen LogP contribution in [0.3, 0.4) is 0 Å². The van der Waals surface area contributed by atoms with Crippen LogP contribution < -0.4 is 9.46 Å². The summed E-state index contributed by atoms with van der Waals surface area (Å²) in [7, 11) is -2.13. The molecule has 5 rings (SSSR count). The monoisotopic (exact) mass is 486 g/mol. The molecule has 10 heteroatoms. The van der Waals surface area contributed by atoms with Crippen molar-refractivity contribution in [3.8, 4) is 22.1 Å². The molecule has 0 unspecified atom stereocenters. The molecule has 0 spiro atoms. The number of rotatable bonds is 7. The van der Waals surface area contributed by atoms with Crippen LogP contribution in [0.15, 0.2) is 66.0 Å². The van der Waals surface area contributed by atoms with E-state index in [2.05, 4.69) is 14.9 Å². The number of hydrogen-bond donors (Lipinski definition) is 1. The Morgan fingerprint density at radius 1 is 1.09 bits per heavy atom. The number of para-hydroxylation sites is 2. The molecule has 2 heterocycles. The predicted molar refractivity (Wildman–Crippen MR) is 126 cm³/mol. The van der Waals surface area contributed by atoms with Crippen molar-refractivity contribution in [2.45, 2.75) is 17.6 Å². The molecule has 1 aliphatic carbocycles. The molecule has 4 aromatic rings. The molecule has 0 amide bonds. The predicted octanol–water partition coefficient (Wildman–Crippen LogP) is 4.96. The first-order chi connectivity index (χ1) is 15.5. The van der Waals surface area contributed by atoms with Crippen molar-refractivity contribution in [3.05, 3.63) is 76.6 Å². The van der Waals surface area contributed by atoms with Gasteiger partial charge in [0.25, 0.3) is 0 Å². The number of nitrogens with one attached hydrogen (secondary N) is 1. The molecule has 0 saturated heterocycles. The largest absolute Gasteiger partial charge is 0.495 e. The van der Waals surface area contributed by atoms with Crippen LogP contribution in [-0.4, -0.2) is 35.5 Å². The smallest absolute Gasteiger partial charge is 0.243 e. The van der Waals surface area contributed by atoms with E-state index >= 15 is 0 Å². The highest BCUT2D eigenvalue weighted by Crippen LogP contribution is 2.46. The molecule has 0 bridgehead atoms. The summed E-state index contributed by atoms with van der Waals surface area (Å²) in [6.07, 6.45) is 0.539. The zero-order valence-corrected chi connectivity index (χ0v) is 19.4. The Morgan fingerprint density at radius 2 is 1.88 bits per heavy atom. The number of aromatic nitrogens is 3. The number of thiophene rings is 1. The van der Waals surface area contributed by atoms with Crippen molar-refractivity contribution in [2.75, 3.05) is 11.8 Å². The van der Waals surface area contributed by atoms with Gasteiger partial charge in [-0.05, 0) is 47.7 Å². The molecule has 164 valence electrons. The lowest BCUT2D eigenvalue weighted by atomic mass is 10.1. The molecule has 32 heavy (non-hydrogen) atoms. The average molecular weight is 487 g/mol. The fourth-order valence-corrected chi connectivity index (χ4v) is 6.15. The summed E-state index contributed by atoms with van der Waals surface area (Å²) >= 11 is 7.45. The van der Waals surface area contributed by atoms with E-state index in [1.165, 1.54) is 11.3 Å². The van der Waals surface area contributed by atoms with Crippen LogP contribution in [0.5, 0.6) is 5.75 Å². The summed E-state index contributed by atoms with van der Waals surface area (Å²) in [5.74, 6) is 1.16. The summed E-state index contributed by atoms with van der Waals surface area (Å²) in [5, 5.41) is 10.5. The number of benzene rings is 2. The molecule has 7 nitrogen and oxygen atoms in total. The molecule has 2 aromatic carbocycles. The van der Waals surface area contributed by atoms with Crippen molar-refractivity contribution < 1.29 is 13.2 Å². The van der Waals surface area contributed by atoms with Gasteiger partial charge >= 0.3 is 0 Å². The molecule has 1 aliphatic rings. The molecule has 1 fully saturated rings. The van der Waals surface area contributed by atoms with Gasteiger partial charge in [0.15, 0.2) is 5.82 Å². The van der Waals surface area contributed by atoms with Crippen molar-refractivity contribution >= 4 is 38.9 Å². The first-order valence-electron chi connectivity index (χ1n) is 9.87. The minimum Gasteiger partial charge on any atom is -0.495 e. The third-order valence-electron chi connectivity index (χ3n) is 5.39. The number of anilines is 1. The normalized spacial score (nSPS) is 17.8. The molecule has 0 radical (unpaired) electrons. The lowest BCUT2D eigenvalue weighted by Crippen LogP contribution is -2.21. The minimum absolute atomic E-state index is 0.0795. The Labute approximate surface area is 194 Å². The Bertz CT molecular complexity index is 1350. The highest BCUT2D eigenvalue weighted by Gasteiger charge is 2.48. The third-order valence-corrected chi connectivity index (χ3v) is 8.30. The Balaban J connectivity index is 1.51. The highest BCUT2D eigenvalue weighted by molar-refractivity contribution is 7.93. The fraction of sp³-hybridized carbons (Fsp3) is 0.182. The van der Waals surface area contributed by atoms with E-state index in [0.29, 0.717) is 28.7 Å². The van der Waals surface area contributed by atoms with Gasteiger partial charge in [-0.1, -0.05) is 41.9 Å². The third kappa shape index (κ3) is 3.87. The van der Waals surface area contributed by atoms with Crippen LogP contribution in [0.25, 0.3) is 16.4 Å². The Hall–Kier alpha value is -2.88. The lowest BCUT2D eigenvalue weighted by molar-refractivity contribution is 0.413. The fourth-order valence-electron chi connectivity index (χ4n) is 3.74. The highest BCUT2D eigenvalue weighted by atomic mass is 35.5. The van der Waals surface area contributed by atoms with Crippen LogP contribution in [0.2, 0.25) is 5.02 Å². The zero-order chi connectivity index (χ0) is 22.3. The SMILES string of the molecule is COc1ccccc1-n1c(NS(=O)(=O)[C@H]2C[C@@H]2c2ccc(Cl)cc2)nnc1-c1cccs1. The van der Waals surface area contributed by atoms with Gasteiger partial charge in [0.2, 0.25) is 16.0 Å². The first kappa shape index (κ1) is 21.0. The number of halogens is 1. The van der Waals surface area contributed by atoms with Gasteiger partial charge < -0.3 is 4.74 Å². The van der Waals surface area contributed by atoms with E-state index in [1.54, 1.807) is 23.8 Å². The average Bonchev–Trinajstić information content (AvgIpc) is 3.24. The van der Waals surface area contributed by atoms with Crippen molar-refractivity contribution in [1.29, 1.82) is 0 Å². The molecular weight excluding hydrogens is 468 g/mol. The topological polar surface area (TPSA) is 86.1 Å². The van der Waals surface area contributed by atoms with E-state index in [1.807, 2.05) is 53.9 Å². The van der Waals surface area contributed by atoms with Crippen molar-refractivity contribution in [2.24, 2.45) is 0 Å². The van der Waals surface area contributed by atoms with Crippen LogP contribution in [0.1, 0.15) is 17.9 Å². The maximum absolute atomic E-state index is 13.2. The Morgan fingerprint density at radius 3 is 2.59 bits per heavy atom. The number of nitrogens with zero attached hydrogens (tertiary/aromatic N) is 3. The summed E-state index contributed by atoms with van der Waals surface area (Å²) < 4.78 is 36.3. The summed E-state index contributed by atoms with van der Waals surface area (Å²) in [5.41, 5.74) is 1.60. The van der Waals surface area contributed by atoms with E-state index in [9.17, 15) is 8.42 Å². The second kappa shape index (κ2) is 8.23. The molecule has 0 aliphatic heterocycles. The van der Waals surface area contributed by atoms with Gasteiger partial charge in [-0.15, -0.1) is 21.5 Å². The Kier molecular flexibility index (Phi) is 5.40. The van der Waals surface area contributed by atoms with E-state index in [0.717, 1.165) is 10.4 Å². The van der Waals surface area contributed by atoms with Crippen LogP contribution in [-0.2, 0) is 10.0 Å². The van der Waals surface area contributed by atoms with E-state index in [-0.39, 0.29) is 11.9 Å². The van der Waals surface area contributed by atoms with Gasteiger partial charge in [0.1, 0.15) is 5.75 Å².